The molecule has 0 aromatic heterocycles. The van der Waals surface area contributed by atoms with E-state index in [2.05, 4.69) is 0 Å². The lowest BCUT2D eigenvalue weighted by molar-refractivity contribution is -0.277. The third kappa shape index (κ3) is 4.61. The molecule has 150 valence electrons. The van der Waals surface area contributed by atoms with Crippen molar-refractivity contribution in [1.29, 1.82) is 0 Å². The Hall–Kier alpha value is -2.62. The molecule has 0 aliphatic carbocycles. The highest BCUT2D eigenvalue weighted by Crippen LogP contribution is 2.28. The summed E-state index contributed by atoms with van der Waals surface area (Å²) in [5.41, 5.74) is 1.42. The van der Waals surface area contributed by atoms with Gasteiger partial charge in [0.25, 0.3) is 0 Å². The van der Waals surface area contributed by atoms with Crippen molar-refractivity contribution >= 4 is 12.2 Å². The van der Waals surface area contributed by atoms with Crippen LogP contribution in [0.3, 0.4) is 0 Å². The fourth-order valence-electron chi connectivity index (χ4n) is 2.85. The number of rotatable bonds is 5. The largest absolute Gasteiger partial charge is 0.508 e. The zero-order chi connectivity index (χ0) is 20.3. The van der Waals surface area contributed by atoms with Crippen LogP contribution in [0.2, 0.25) is 0 Å². The van der Waals surface area contributed by atoms with Gasteiger partial charge < -0.3 is 40.1 Å². The second kappa shape index (κ2) is 8.59. The van der Waals surface area contributed by atoms with E-state index in [1.807, 2.05) is 0 Å². The summed E-state index contributed by atoms with van der Waals surface area (Å²) >= 11 is 0. The fourth-order valence-corrected chi connectivity index (χ4v) is 2.85. The van der Waals surface area contributed by atoms with Gasteiger partial charge in [-0.15, -0.1) is 0 Å². The summed E-state index contributed by atoms with van der Waals surface area (Å²) in [6.45, 7) is -0.564. The number of aliphatic hydroxyl groups is 4. The first kappa shape index (κ1) is 20.1. The summed E-state index contributed by atoms with van der Waals surface area (Å²) in [6, 6.07) is 10.9. The first-order chi connectivity index (χ1) is 13.4. The highest BCUT2D eigenvalue weighted by Gasteiger charge is 2.44. The Bertz CT molecular complexity index is 817. The predicted octanol–water partition coefficient (Wildman–Crippen LogP) is 0.447. The number of aromatic hydroxyl groups is 2. The average Bonchev–Trinajstić information content (AvgIpc) is 2.67. The summed E-state index contributed by atoms with van der Waals surface area (Å²) in [7, 11) is 0. The van der Waals surface area contributed by atoms with Gasteiger partial charge in [-0.25, -0.2) is 0 Å². The van der Waals surface area contributed by atoms with Crippen LogP contribution >= 0.6 is 0 Å². The molecule has 6 N–H and O–H groups in total. The molecule has 0 amide bonds. The second-order valence-corrected chi connectivity index (χ2v) is 6.50. The van der Waals surface area contributed by atoms with Crippen molar-refractivity contribution in [2.24, 2.45) is 0 Å². The van der Waals surface area contributed by atoms with Gasteiger partial charge in [-0.2, -0.15) is 0 Å². The van der Waals surface area contributed by atoms with Crippen molar-refractivity contribution < 1.29 is 40.1 Å². The Morgan fingerprint density at radius 2 is 1.50 bits per heavy atom. The highest BCUT2D eigenvalue weighted by molar-refractivity contribution is 5.71. The molecule has 2 aromatic rings. The molecular formula is C20H22O8. The first-order valence-corrected chi connectivity index (χ1v) is 8.65. The Morgan fingerprint density at radius 1 is 0.821 bits per heavy atom. The van der Waals surface area contributed by atoms with Crippen LogP contribution in [-0.2, 0) is 4.74 Å². The van der Waals surface area contributed by atoms with Crippen LogP contribution < -0.4 is 4.74 Å². The molecule has 28 heavy (non-hydrogen) atoms. The fraction of sp³-hybridized carbons (Fsp3) is 0.300. The van der Waals surface area contributed by atoms with E-state index in [0.717, 1.165) is 5.56 Å². The van der Waals surface area contributed by atoms with E-state index < -0.39 is 37.3 Å². The highest BCUT2D eigenvalue weighted by atomic mass is 16.7. The molecule has 3 rings (SSSR count). The molecule has 1 fully saturated rings. The molecule has 0 saturated carbocycles. The molecule has 1 aliphatic heterocycles. The molecular weight excluding hydrogens is 368 g/mol. The van der Waals surface area contributed by atoms with Gasteiger partial charge in [0.2, 0.25) is 6.29 Å². The normalized spacial score (nSPS) is 27.8. The maximum absolute atomic E-state index is 10.1. The molecule has 2 unspecified atom stereocenters. The number of benzene rings is 2. The zero-order valence-corrected chi connectivity index (χ0v) is 14.8. The summed E-state index contributed by atoms with van der Waals surface area (Å²) in [5, 5.41) is 58.2. The summed E-state index contributed by atoms with van der Waals surface area (Å²) in [5.74, 6) is 0.229. The lowest BCUT2D eigenvalue weighted by atomic mass is 9.99. The molecule has 5 atom stereocenters. The van der Waals surface area contributed by atoms with Crippen molar-refractivity contribution in [3.63, 3.8) is 0 Å². The van der Waals surface area contributed by atoms with Crippen LogP contribution in [0.5, 0.6) is 17.2 Å². The van der Waals surface area contributed by atoms with Crippen LogP contribution in [0.1, 0.15) is 11.1 Å². The van der Waals surface area contributed by atoms with Crippen LogP contribution in [0.4, 0.5) is 0 Å². The minimum atomic E-state index is -1.55. The Morgan fingerprint density at radius 3 is 2.18 bits per heavy atom. The monoisotopic (exact) mass is 390 g/mol. The Labute approximate surface area is 161 Å². The van der Waals surface area contributed by atoms with Gasteiger partial charge >= 0.3 is 0 Å². The summed E-state index contributed by atoms with van der Waals surface area (Å²) in [6.07, 6.45) is -3.52. The number of hydrogen-bond acceptors (Lipinski definition) is 8. The van der Waals surface area contributed by atoms with E-state index in [-0.39, 0.29) is 17.2 Å². The van der Waals surface area contributed by atoms with E-state index in [1.165, 1.54) is 12.1 Å². The van der Waals surface area contributed by atoms with Gasteiger partial charge in [-0.05, 0) is 35.4 Å². The molecule has 0 bridgehead atoms. The topological polar surface area (TPSA) is 140 Å². The lowest BCUT2D eigenvalue weighted by Crippen LogP contribution is -2.60. The number of phenolic OH excluding ortho intramolecular Hbond substituents is 2. The smallest absolute Gasteiger partial charge is 0.229 e. The average molecular weight is 390 g/mol. The molecule has 0 radical (unpaired) electrons. The third-order valence-corrected chi connectivity index (χ3v) is 4.38. The van der Waals surface area contributed by atoms with Gasteiger partial charge in [0.05, 0.1) is 6.61 Å². The minimum absolute atomic E-state index is 0.0903. The Balaban J connectivity index is 1.76. The van der Waals surface area contributed by atoms with Crippen LogP contribution in [0, 0.1) is 0 Å². The van der Waals surface area contributed by atoms with E-state index in [0.29, 0.717) is 5.56 Å². The lowest BCUT2D eigenvalue weighted by Gasteiger charge is -2.39. The van der Waals surface area contributed by atoms with Crippen molar-refractivity contribution in [2.75, 3.05) is 6.61 Å². The Kier molecular flexibility index (Phi) is 6.18. The predicted molar refractivity (Wildman–Crippen MR) is 99.5 cm³/mol. The summed E-state index contributed by atoms with van der Waals surface area (Å²) in [4.78, 5) is 0. The zero-order valence-electron chi connectivity index (χ0n) is 14.8. The molecule has 0 spiro atoms. The number of aliphatic hydroxyl groups excluding tert-OH is 4. The quantitative estimate of drug-likeness (QED) is 0.405. The summed E-state index contributed by atoms with van der Waals surface area (Å²) < 4.78 is 10.8. The number of phenols is 2. The van der Waals surface area contributed by atoms with Gasteiger partial charge in [0.15, 0.2) is 0 Å². The van der Waals surface area contributed by atoms with E-state index >= 15 is 0 Å². The van der Waals surface area contributed by atoms with Crippen LogP contribution in [0.15, 0.2) is 42.5 Å². The van der Waals surface area contributed by atoms with Gasteiger partial charge in [0, 0.05) is 6.07 Å². The molecule has 2 aromatic carbocycles. The van der Waals surface area contributed by atoms with Crippen molar-refractivity contribution in [3.8, 4) is 17.2 Å². The van der Waals surface area contributed by atoms with Crippen LogP contribution in [-0.4, -0.2) is 68.0 Å². The number of ether oxygens (including phenoxy) is 2. The van der Waals surface area contributed by atoms with E-state index in [9.17, 15) is 30.6 Å². The third-order valence-electron chi connectivity index (χ3n) is 4.38. The maximum atomic E-state index is 10.1. The second-order valence-electron chi connectivity index (χ2n) is 6.50. The van der Waals surface area contributed by atoms with Crippen LogP contribution in [0.25, 0.3) is 12.2 Å². The van der Waals surface area contributed by atoms with Gasteiger partial charge in [0.1, 0.15) is 41.7 Å². The standard InChI is InChI=1S/C20H22O8/c21-10-16-17(24)18(25)19(26)20(28-16)27-15-8-12(7-14(23)9-15)2-1-11-3-5-13(22)6-4-11/h1-9,16-26H,10H2/b2-1-/t16?,17-,18+,19?,20-/m1/s1. The minimum Gasteiger partial charge on any atom is -0.508 e. The van der Waals surface area contributed by atoms with Crippen molar-refractivity contribution in [1.82, 2.24) is 0 Å². The molecule has 8 nitrogen and oxygen atoms in total. The molecule has 8 heteroatoms. The molecule has 1 aliphatic rings. The first-order valence-electron chi connectivity index (χ1n) is 8.65. The van der Waals surface area contributed by atoms with Crippen molar-refractivity contribution in [3.05, 3.63) is 53.6 Å². The SMILES string of the molecule is OCC1O[C@@H](Oc2cc(O)cc(/C=C\c3ccc(O)cc3)c2)C(O)[C@@H](O)[C@@H]1O. The number of hydrogen-bond donors (Lipinski definition) is 6. The van der Waals surface area contributed by atoms with E-state index in [1.54, 1.807) is 42.5 Å². The molecule has 1 saturated heterocycles. The van der Waals surface area contributed by atoms with Crippen molar-refractivity contribution in [2.45, 2.75) is 30.7 Å². The van der Waals surface area contributed by atoms with E-state index in [4.69, 9.17) is 9.47 Å². The van der Waals surface area contributed by atoms with Gasteiger partial charge in [-0.3, -0.25) is 0 Å². The van der Waals surface area contributed by atoms with Gasteiger partial charge in [-0.1, -0.05) is 24.3 Å². The maximum Gasteiger partial charge on any atom is 0.229 e. The molecule has 1 heterocycles.